The summed E-state index contributed by atoms with van der Waals surface area (Å²) in [5.41, 5.74) is 0.407. The number of hydrogen-bond donors (Lipinski definition) is 1. The fourth-order valence-corrected chi connectivity index (χ4v) is 1.10. The van der Waals surface area contributed by atoms with E-state index in [9.17, 15) is 4.79 Å². The van der Waals surface area contributed by atoms with Gasteiger partial charge in [-0.15, -0.1) is 0 Å². The molecule has 0 aliphatic rings. The standard InChI is InChI=1S/C9H11BrN2O2/c1-14-5-4-11-9(13)8-3-2-7(10)6-12-8/h2-3,6H,4-5H2,1H3,(H,11,13). The van der Waals surface area contributed by atoms with Gasteiger partial charge in [-0.2, -0.15) is 0 Å². The lowest BCUT2D eigenvalue weighted by molar-refractivity contribution is 0.0932. The van der Waals surface area contributed by atoms with Crippen molar-refractivity contribution in [2.75, 3.05) is 20.3 Å². The Bertz CT molecular complexity index is 300. The fraction of sp³-hybridized carbons (Fsp3) is 0.333. The van der Waals surface area contributed by atoms with Gasteiger partial charge in [0, 0.05) is 24.3 Å². The van der Waals surface area contributed by atoms with Crippen molar-refractivity contribution >= 4 is 21.8 Å². The number of pyridine rings is 1. The first kappa shape index (κ1) is 11.1. The minimum atomic E-state index is -0.186. The van der Waals surface area contributed by atoms with Crippen molar-refractivity contribution in [2.45, 2.75) is 0 Å². The Hall–Kier alpha value is -0.940. The summed E-state index contributed by atoms with van der Waals surface area (Å²) in [6.45, 7) is 0.995. The van der Waals surface area contributed by atoms with Crippen LogP contribution in [0.1, 0.15) is 10.5 Å². The Balaban J connectivity index is 2.48. The van der Waals surface area contributed by atoms with Crippen LogP contribution in [0.25, 0.3) is 0 Å². The SMILES string of the molecule is COCCNC(=O)c1ccc(Br)cn1. The first-order valence-corrected chi connectivity index (χ1v) is 4.92. The number of amides is 1. The van der Waals surface area contributed by atoms with Crippen LogP contribution in [0.4, 0.5) is 0 Å². The summed E-state index contributed by atoms with van der Waals surface area (Å²) in [6, 6.07) is 3.43. The van der Waals surface area contributed by atoms with Crippen LogP contribution in [0, 0.1) is 0 Å². The molecule has 0 saturated heterocycles. The molecule has 0 atom stereocenters. The predicted molar refractivity (Wildman–Crippen MR) is 56.1 cm³/mol. The van der Waals surface area contributed by atoms with Crippen molar-refractivity contribution in [1.82, 2.24) is 10.3 Å². The van der Waals surface area contributed by atoms with Gasteiger partial charge in [-0.1, -0.05) is 0 Å². The molecule has 0 spiro atoms. The number of rotatable bonds is 4. The van der Waals surface area contributed by atoms with Gasteiger partial charge in [0.15, 0.2) is 0 Å². The van der Waals surface area contributed by atoms with E-state index < -0.39 is 0 Å². The monoisotopic (exact) mass is 258 g/mol. The average Bonchev–Trinajstić information content (AvgIpc) is 2.19. The molecule has 0 aliphatic carbocycles. The predicted octanol–water partition coefficient (Wildman–Crippen LogP) is 1.22. The van der Waals surface area contributed by atoms with Gasteiger partial charge in [-0.05, 0) is 28.1 Å². The normalized spacial score (nSPS) is 9.86. The number of carbonyl (C=O) groups is 1. The summed E-state index contributed by atoms with van der Waals surface area (Å²) >= 11 is 3.24. The van der Waals surface area contributed by atoms with Crippen molar-refractivity contribution in [3.8, 4) is 0 Å². The molecule has 1 N–H and O–H groups in total. The molecule has 0 unspecified atom stereocenters. The highest BCUT2D eigenvalue weighted by atomic mass is 79.9. The van der Waals surface area contributed by atoms with Crippen LogP contribution in [0.3, 0.4) is 0 Å². The Morgan fingerprint density at radius 1 is 1.64 bits per heavy atom. The lowest BCUT2D eigenvalue weighted by Gasteiger charge is -2.03. The van der Waals surface area contributed by atoms with E-state index in [1.165, 1.54) is 0 Å². The summed E-state index contributed by atoms with van der Waals surface area (Å²) in [5.74, 6) is -0.186. The van der Waals surface area contributed by atoms with Crippen LogP contribution in [0.2, 0.25) is 0 Å². The molecule has 76 valence electrons. The highest BCUT2D eigenvalue weighted by molar-refractivity contribution is 9.10. The van der Waals surface area contributed by atoms with E-state index >= 15 is 0 Å². The minimum Gasteiger partial charge on any atom is -0.383 e. The molecule has 0 aliphatic heterocycles. The zero-order valence-corrected chi connectivity index (χ0v) is 9.37. The molecule has 14 heavy (non-hydrogen) atoms. The molecule has 0 radical (unpaired) electrons. The Morgan fingerprint density at radius 2 is 2.43 bits per heavy atom. The number of ether oxygens (including phenoxy) is 1. The second-order valence-corrected chi connectivity index (χ2v) is 3.53. The molecule has 4 nitrogen and oxygen atoms in total. The van der Waals surface area contributed by atoms with Gasteiger partial charge < -0.3 is 10.1 Å². The van der Waals surface area contributed by atoms with Gasteiger partial charge >= 0.3 is 0 Å². The van der Waals surface area contributed by atoms with Gasteiger partial charge in [0.1, 0.15) is 5.69 Å². The van der Waals surface area contributed by atoms with E-state index in [1.807, 2.05) is 0 Å². The van der Waals surface area contributed by atoms with Crippen LogP contribution in [-0.4, -0.2) is 31.2 Å². The summed E-state index contributed by atoms with van der Waals surface area (Å²) in [5, 5.41) is 2.68. The molecule has 0 bridgehead atoms. The number of methoxy groups -OCH3 is 1. The number of hydrogen-bond acceptors (Lipinski definition) is 3. The van der Waals surface area contributed by atoms with Gasteiger partial charge in [-0.25, -0.2) is 4.98 Å². The lowest BCUT2D eigenvalue weighted by Crippen LogP contribution is -2.27. The van der Waals surface area contributed by atoms with Crippen LogP contribution < -0.4 is 5.32 Å². The minimum absolute atomic E-state index is 0.186. The molecule has 0 fully saturated rings. The van der Waals surface area contributed by atoms with Gasteiger partial charge in [0.2, 0.25) is 0 Å². The maximum atomic E-state index is 11.4. The van der Waals surface area contributed by atoms with E-state index in [-0.39, 0.29) is 5.91 Å². The van der Waals surface area contributed by atoms with Crippen molar-refractivity contribution in [3.63, 3.8) is 0 Å². The topological polar surface area (TPSA) is 51.2 Å². The summed E-state index contributed by atoms with van der Waals surface area (Å²) in [7, 11) is 1.59. The molecular formula is C9H11BrN2O2. The van der Waals surface area contributed by atoms with Crippen molar-refractivity contribution < 1.29 is 9.53 Å². The van der Waals surface area contributed by atoms with E-state index in [4.69, 9.17) is 4.74 Å². The smallest absolute Gasteiger partial charge is 0.269 e. The number of carbonyl (C=O) groups excluding carboxylic acids is 1. The number of halogens is 1. The zero-order chi connectivity index (χ0) is 10.4. The summed E-state index contributed by atoms with van der Waals surface area (Å²) in [6.07, 6.45) is 1.59. The Kier molecular flexibility index (Phi) is 4.55. The fourth-order valence-electron chi connectivity index (χ4n) is 0.867. The second kappa shape index (κ2) is 5.72. The quantitative estimate of drug-likeness (QED) is 0.827. The van der Waals surface area contributed by atoms with E-state index in [2.05, 4.69) is 26.2 Å². The molecule has 1 aromatic heterocycles. The second-order valence-electron chi connectivity index (χ2n) is 2.61. The summed E-state index contributed by atoms with van der Waals surface area (Å²) < 4.78 is 5.66. The molecular weight excluding hydrogens is 248 g/mol. The van der Waals surface area contributed by atoms with Crippen LogP contribution >= 0.6 is 15.9 Å². The van der Waals surface area contributed by atoms with E-state index in [0.29, 0.717) is 18.8 Å². The first-order chi connectivity index (χ1) is 6.74. The molecule has 0 saturated carbocycles. The molecule has 1 aromatic rings. The highest BCUT2D eigenvalue weighted by Gasteiger charge is 2.04. The van der Waals surface area contributed by atoms with Crippen LogP contribution in [0.5, 0.6) is 0 Å². The number of nitrogens with one attached hydrogen (secondary N) is 1. The lowest BCUT2D eigenvalue weighted by atomic mass is 10.3. The van der Waals surface area contributed by atoms with E-state index in [0.717, 1.165) is 4.47 Å². The molecule has 1 rings (SSSR count). The van der Waals surface area contributed by atoms with Gasteiger partial charge in [0.25, 0.3) is 5.91 Å². The van der Waals surface area contributed by atoms with Crippen molar-refractivity contribution in [2.24, 2.45) is 0 Å². The molecule has 1 amide bonds. The Morgan fingerprint density at radius 3 is 3.00 bits per heavy atom. The van der Waals surface area contributed by atoms with Crippen molar-refractivity contribution in [1.29, 1.82) is 0 Å². The summed E-state index contributed by atoms with van der Waals surface area (Å²) in [4.78, 5) is 15.3. The van der Waals surface area contributed by atoms with Gasteiger partial charge in [-0.3, -0.25) is 4.79 Å². The van der Waals surface area contributed by atoms with Gasteiger partial charge in [0.05, 0.1) is 6.61 Å². The van der Waals surface area contributed by atoms with Crippen molar-refractivity contribution in [3.05, 3.63) is 28.5 Å². The van der Waals surface area contributed by atoms with E-state index in [1.54, 1.807) is 25.4 Å². The number of nitrogens with zero attached hydrogens (tertiary/aromatic N) is 1. The zero-order valence-electron chi connectivity index (χ0n) is 7.79. The molecule has 1 heterocycles. The Labute approximate surface area is 90.8 Å². The van der Waals surface area contributed by atoms with Crippen LogP contribution in [0.15, 0.2) is 22.8 Å². The average molecular weight is 259 g/mol. The maximum Gasteiger partial charge on any atom is 0.269 e. The third kappa shape index (κ3) is 3.43. The third-order valence-corrected chi connectivity index (χ3v) is 2.02. The number of aromatic nitrogens is 1. The molecule has 0 aromatic carbocycles. The highest BCUT2D eigenvalue weighted by Crippen LogP contribution is 2.06. The maximum absolute atomic E-state index is 11.4. The molecule has 5 heteroatoms. The van der Waals surface area contributed by atoms with Crippen LogP contribution in [-0.2, 0) is 4.74 Å². The largest absolute Gasteiger partial charge is 0.383 e. The first-order valence-electron chi connectivity index (χ1n) is 4.12. The third-order valence-electron chi connectivity index (χ3n) is 1.55.